The molecule has 2 aliphatic heterocycles. The van der Waals surface area contributed by atoms with Crippen LogP contribution in [0.3, 0.4) is 0 Å². The van der Waals surface area contributed by atoms with E-state index in [1.165, 1.54) is 11.9 Å². The summed E-state index contributed by atoms with van der Waals surface area (Å²) < 4.78 is 0. The first kappa shape index (κ1) is 10.1. The lowest BCUT2D eigenvalue weighted by Crippen LogP contribution is -2.38. The standard InChI is InChI=1S/C9H13N3O3/c1-11-8(14)5-3-12(7(13)2-10)4-6(5)9(11)15/h5-6H,2-4,10H2,1H3/t5-,6-/m1/s1. The second-order valence-corrected chi connectivity index (χ2v) is 3.95. The van der Waals surface area contributed by atoms with Gasteiger partial charge < -0.3 is 10.6 Å². The lowest BCUT2D eigenvalue weighted by molar-refractivity contribution is -0.139. The zero-order valence-electron chi connectivity index (χ0n) is 8.47. The third kappa shape index (κ3) is 1.32. The van der Waals surface area contributed by atoms with Crippen LogP contribution in [0.2, 0.25) is 0 Å². The number of imide groups is 1. The van der Waals surface area contributed by atoms with Gasteiger partial charge in [-0.15, -0.1) is 0 Å². The van der Waals surface area contributed by atoms with Gasteiger partial charge in [0, 0.05) is 20.1 Å². The molecule has 0 unspecified atom stereocenters. The third-order valence-corrected chi connectivity index (χ3v) is 3.14. The van der Waals surface area contributed by atoms with E-state index in [1.54, 1.807) is 0 Å². The van der Waals surface area contributed by atoms with E-state index >= 15 is 0 Å². The van der Waals surface area contributed by atoms with E-state index in [9.17, 15) is 14.4 Å². The minimum Gasteiger partial charge on any atom is -0.340 e. The minimum atomic E-state index is -0.349. The Balaban J connectivity index is 2.15. The first-order valence-electron chi connectivity index (χ1n) is 4.85. The lowest BCUT2D eigenvalue weighted by Gasteiger charge is -2.17. The topological polar surface area (TPSA) is 83.7 Å². The van der Waals surface area contributed by atoms with Gasteiger partial charge in [-0.25, -0.2) is 0 Å². The Morgan fingerprint density at radius 1 is 1.33 bits per heavy atom. The number of carbonyl (C=O) groups is 3. The average Bonchev–Trinajstić information content (AvgIpc) is 2.75. The van der Waals surface area contributed by atoms with Crippen molar-refractivity contribution in [2.24, 2.45) is 17.6 Å². The number of carbonyl (C=O) groups excluding carboxylic acids is 3. The highest BCUT2D eigenvalue weighted by Gasteiger charge is 2.51. The van der Waals surface area contributed by atoms with E-state index in [0.717, 1.165) is 4.90 Å². The number of hydrogen-bond donors (Lipinski definition) is 1. The van der Waals surface area contributed by atoms with Gasteiger partial charge in [0.2, 0.25) is 17.7 Å². The summed E-state index contributed by atoms with van der Waals surface area (Å²) in [7, 11) is 1.48. The molecule has 15 heavy (non-hydrogen) atoms. The molecular weight excluding hydrogens is 198 g/mol. The van der Waals surface area contributed by atoms with Gasteiger partial charge >= 0.3 is 0 Å². The van der Waals surface area contributed by atoms with Crippen LogP contribution in [0.1, 0.15) is 0 Å². The maximum absolute atomic E-state index is 11.6. The van der Waals surface area contributed by atoms with E-state index in [-0.39, 0.29) is 36.1 Å². The molecule has 2 atom stereocenters. The second-order valence-electron chi connectivity index (χ2n) is 3.95. The molecule has 2 fully saturated rings. The third-order valence-electron chi connectivity index (χ3n) is 3.14. The molecule has 0 spiro atoms. The van der Waals surface area contributed by atoms with Crippen molar-refractivity contribution < 1.29 is 14.4 Å². The fraction of sp³-hybridized carbons (Fsp3) is 0.667. The van der Waals surface area contributed by atoms with Crippen molar-refractivity contribution in [2.75, 3.05) is 26.7 Å². The van der Waals surface area contributed by atoms with Crippen LogP contribution < -0.4 is 5.73 Å². The summed E-state index contributed by atoms with van der Waals surface area (Å²) >= 11 is 0. The maximum atomic E-state index is 11.6. The van der Waals surface area contributed by atoms with Crippen LogP contribution in [-0.4, -0.2) is 54.2 Å². The highest BCUT2D eigenvalue weighted by molar-refractivity contribution is 6.06. The highest BCUT2D eigenvalue weighted by Crippen LogP contribution is 2.32. The molecule has 6 heteroatoms. The Labute approximate surface area is 87.0 Å². The highest BCUT2D eigenvalue weighted by atomic mass is 16.2. The fourth-order valence-electron chi connectivity index (χ4n) is 2.24. The summed E-state index contributed by atoms with van der Waals surface area (Å²) in [5.74, 6) is -1.27. The van der Waals surface area contributed by atoms with Crippen LogP contribution >= 0.6 is 0 Å². The van der Waals surface area contributed by atoms with Crippen molar-refractivity contribution in [3.63, 3.8) is 0 Å². The Morgan fingerprint density at radius 3 is 2.20 bits per heavy atom. The largest absolute Gasteiger partial charge is 0.340 e. The molecule has 2 heterocycles. The van der Waals surface area contributed by atoms with E-state index in [1.807, 2.05) is 0 Å². The number of hydrogen-bond acceptors (Lipinski definition) is 4. The van der Waals surface area contributed by atoms with Crippen LogP contribution in [-0.2, 0) is 14.4 Å². The molecule has 2 saturated heterocycles. The van der Waals surface area contributed by atoms with E-state index in [2.05, 4.69) is 0 Å². The fourth-order valence-corrected chi connectivity index (χ4v) is 2.24. The summed E-state index contributed by atoms with van der Waals surface area (Å²) in [6.07, 6.45) is 0. The van der Waals surface area contributed by atoms with Gasteiger partial charge in [0.15, 0.2) is 0 Å². The first-order valence-corrected chi connectivity index (χ1v) is 4.85. The van der Waals surface area contributed by atoms with Gasteiger partial charge in [-0.05, 0) is 0 Å². The van der Waals surface area contributed by atoms with Gasteiger partial charge in [0.1, 0.15) is 0 Å². The van der Waals surface area contributed by atoms with Crippen molar-refractivity contribution in [3.05, 3.63) is 0 Å². The molecule has 2 aliphatic rings. The van der Waals surface area contributed by atoms with E-state index in [0.29, 0.717) is 13.1 Å². The molecular formula is C9H13N3O3. The molecule has 3 amide bonds. The Bertz CT molecular complexity index is 317. The normalized spacial score (nSPS) is 30.0. The van der Waals surface area contributed by atoms with Crippen LogP contribution in [0.25, 0.3) is 0 Å². The van der Waals surface area contributed by atoms with E-state index < -0.39 is 0 Å². The molecule has 2 rings (SSSR count). The minimum absolute atomic E-state index is 0.0718. The number of amides is 3. The zero-order chi connectivity index (χ0) is 11.2. The van der Waals surface area contributed by atoms with E-state index in [4.69, 9.17) is 5.73 Å². The average molecular weight is 211 g/mol. The maximum Gasteiger partial charge on any atom is 0.236 e. The molecule has 0 saturated carbocycles. The quantitative estimate of drug-likeness (QED) is 0.509. The summed E-state index contributed by atoms with van der Waals surface area (Å²) in [5, 5.41) is 0. The second kappa shape index (κ2) is 3.30. The smallest absolute Gasteiger partial charge is 0.236 e. The van der Waals surface area contributed by atoms with Crippen LogP contribution in [0, 0.1) is 11.8 Å². The molecule has 82 valence electrons. The molecule has 2 N–H and O–H groups in total. The lowest BCUT2D eigenvalue weighted by atomic mass is 10.00. The molecule has 6 nitrogen and oxygen atoms in total. The number of nitrogens with zero attached hydrogens (tertiary/aromatic N) is 2. The van der Waals surface area contributed by atoms with Gasteiger partial charge in [-0.3, -0.25) is 19.3 Å². The SMILES string of the molecule is CN1C(=O)[C@@H]2CN(C(=O)CN)C[C@H]2C1=O. The van der Waals surface area contributed by atoms with Crippen molar-refractivity contribution in [3.8, 4) is 0 Å². The molecule has 0 bridgehead atoms. The Kier molecular flexibility index (Phi) is 2.22. The number of rotatable bonds is 1. The summed E-state index contributed by atoms with van der Waals surface area (Å²) in [4.78, 5) is 37.1. The van der Waals surface area contributed by atoms with Crippen molar-refractivity contribution in [1.29, 1.82) is 0 Å². The van der Waals surface area contributed by atoms with Crippen LogP contribution in [0.5, 0.6) is 0 Å². The number of likely N-dealkylation sites (tertiary alicyclic amines) is 2. The monoisotopic (exact) mass is 211 g/mol. The first-order chi connectivity index (χ1) is 7.06. The predicted octanol–water partition coefficient (Wildman–Crippen LogP) is -1.98. The van der Waals surface area contributed by atoms with Gasteiger partial charge in [-0.1, -0.05) is 0 Å². The van der Waals surface area contributed by atoms with Crippen molar-refractivity contribution >= 4 is 17.7 Å². The summed E-state index contributed by atoms with van der Waals surface area (Å²) in [5.41, 5.74) is 5.23. The molecule has 0 aromatic carbocycles. The molecule has 0 aliphatic carbocycles. The molecule has 0 radical (unpaired) electrons. The number of nitrogens with two attached hydrogens (primary N) is 1. The summed E-state index contributed by atoms with van der Waals surface area (Å²) in [6, 6.07) is 0. The van der Waals surface area contributed by atoms with Crippen LogP contribution in [0.15, 0.2) is 0 Å². The van der Waals surface area contributed by atoms with Crippen molar-refractivity contribution in [2.45, 2.75) is 0 Å². The summed E-state index contributed by atoms with van der Waals surface area (Å²) in [6.45, 7) is 0.586. The Morgan fingerprint density at radius 2 is 1.80 bits per heavy atom. The predicted molar refractivity (Wildman–Crippen MR) is 50.4 cm³/mol. The van der Waals surface area contributed by atoms with Crippen LogP contribution in [0.4, 0.5) is 0 Å². The molecule has 0 aromatic rings. The zero-order valence-corrected chi connectivity index (χ0v) is 8.47. The van der Waals surface area contributed by atoms with Gasteiger partial charge in [0.05, 0.1) is 18.4 Å². The Hall–Kier alpha value is -1.43. The van der Waals surface area contributed by atoms with Crippen molar-refractivity contribution in [1.82, 2.24) is 9.80 Å². The van der Waals surface area contributed by atoms with Gasteiger partial charge in [-0.2, -0.15) is 0 Å². The number of fused-ring (bicyclic) bond motifs is 1. The molecule has 0 aromatic heterocycles. The van der Waals surface area contributed by atoms with Gasteiger partial charge in [0.25, 0.3) is 0 Å².